The van der Waals surface area contributed by atoms with Crippen LogP contribution in [-0.2, 0) is 6.42 Å². The van der Waals surface area contributed by atoms with Gasteiger partial charge in [0, 0.05) is 10.9 Å². The van der Waals surface area contributed by atoms with E-state index in [-0.39, 0.29) is 0 Å². The van der Waals surface area contributed by atoms with Crippen molar-refractivity contribution in [3.8, 4) is 0 Å². The number of rotatable bonds is 7. The summed E-state index contributed by atoms with van der Waals surface area (Å²) in [4.78, 5) is 1.49. The van der Waals surface area contributed by atoms with Gasteiger partial charge in [0.05, 0.1) is 0 Å². The SMILES string of the molecule is CC(C)CCC(N)CCCc1cccs1. The molecule has 2 N–H and O–H groups in total. The molecule has 1 aromatic rings. The zero-order chi connectivity index (χ0) is 11.1. The summed E-state index contributed by atoms with van der Waals surface area (Å²) in [6, 6.07) is 4.75. The van der Waals surface area contributed by atoms with E-state index in [9.17, 15) is 0 Å². The highest BCUT2D eigenvalue weighted by Crippen LogP contribution is 2.14. The highest BCUT2D eigenvalue weighted by molar-refractivity contribution is 7.09. The van der Waals surface area contributed by atoms with Gasteiger partial charge in [-0.25, -0.2) is 0 Å². The third kappa shape index (κ3) is 5.95. The van der Waals surface area contributed by atoms with Gasteiger partial charge in [0.1, 0.15) is 0 Å². The first-order valence-corrected chi connectivity index (χ1v) is 6.84. The van der Waals surface area contributed by atoms with Gasteiger partial charge in [0.25, 0.3) is 0 Å². The van der Waals surface area contributed by atoms with Crippen LogP contribution in [0.4, 0.5) is 0 Å². The van der Waals surface area contributed by atoms with Crippen molar-refractivity contribution in [2.24, 2.45) is 11.7 Å². The molecule has 0 saturated heterocycles. The van der Waals surface area contributed by atoms with Gasteiger partial charge < -0.3 is 5.73 Å². The minimum Gasteiger partial charge on any atom is -0.328 e. The molecule has 1 unspecified atom stereocenters. The number of hydrogen-bond acceptors (Lipinski definition) is 2. The minimum absolute atomic E-state index is 0.410. The molecule has 0 aliphatic heterocycles. The molecule has 0 spiro atoms. The Labute approximate surface area is 97.7 Å². The van der Waals surface area contributed by atoms with Gasteiger partial charge in [0.15, 0.2) is 0 Å². The quantitative estimate of drug-likeness (QED) is 0.750. The first-order chi connectivity index (χ1) is 7.18. The second kappa shape index (κ2) is 7.02. The summed E-state index contributed by atoms with van der Waals surface area (Å²) in [5.74, 6) is 0.786. The Balaban J connectivity index is 2.04. The summed E-state index contributed by atoms with van der Waals surface area (Å²) in [6.45, 7) is 4.52. The molecular formula is C13H23NS. The van der Waals surface area contributed by atoms with Crippen molar-refractivity contribution in [3.63, 3.8) is 0 Å². The Morgan fingerprint density at radius 2 is 2.07 bits per heavy atom. The van der Waals surface area contributed by atoms with Crippen LogP contribution in [0.5, 0.6) is 0 Å². The molecular weight excluding hydrogens is 202 g/mol. The molecule has 1 atom stereocenters. The van der Waals surface area contributed by atoms with Crippen molar-refractivity contribution in [2.75, 3.05) is 0 Å². The first kappa shape index (κ1) is 12.7. The topological polar surface area (TPSA) is 26.0 Å². The van der Waals surface area contributed by atoms with Gasteiger partial charge in [-0.05, 0) is 49.5 Å². The van der Waals surface area contributed by atoms with Gasteiger partial charge in [-0.3, -0.25) is 0 Å². The van der Waals surface area contributed by atoms with Crippen molar-refractivity contribution in [1.29, 1.82) is 0 Å². The fourth-order valence-electron chi connectivity index (χ4n) is 1.69. The van der Waals surface area contributed by atoms with E-state index in [2.05, 4.69) is 31.4 Å². The zero-order valence-corrected chi connectivity index (χ0v) is 10.7. The third-order valence-electron chi connectivity index (χ3n) is 2.69. The molecule has 0 radical (unpaired) electrons. The van der Waals surface area contributed by atoms with E-state index in [1.54, 1.807) is 0 Å². The molecule has 1 heterocycles. The molecule has 86 valence electrons. The van der Waals surface area contributed by atoms with Gasteiger partial charge >= 0.3 is 0 Å². The van der Waals surface area contributed by atoms with Crippen LogP contribution in [0.1, 0.15) is 44.4 Å². The van der Waals surface area contributed by atoms with Crippen molar-refractivity contribution in [2.45, 2.75) is 52.0 Å². The maximum absolute atomic E-state index is 6.06. The van der Waals surface area contributed by atoms with E-state index >= 15 is 0 Å². The lowest BCUT2D eigenvalue weighted by atomic mass is 10.00. The number of thiophene rings is 1. The van der Waals surface area contributed by atoms with Crippen LogP contribution in [0, 0.1) is 5.92 Å². The van der Waals surface area contributed by atoms with Crippen molar-refractivity contribution < 1.29 is 0 Å². The highest BCUT2D eigenvalue weighted by atomic mass is 32.1. The Morgan fingerprint density at radius 1 is 1.27 bits per heavy atom. The molecule has 0 fully saturated rings. The van der Waals surface area contributed by atoms with Crippen LogP contribution < -0.4 is 5.73 Å². The summed E-state index contributed by atoms with van der Waals surface area (Å²) < 4.78 is 0. The molecule has 0 aliphatic rings. The minimum atomic E-state index is 0.410. The van der Waals surface area contributed by atoms with Crippen LogP contribution in [0.3, 0.4) is 0 Å². The molecule has 1 rings (SSSR count). The smallest absolute Gasteiger partial charge is 0.00452 e. The maximum Gasteiger partial charge on any atom is 0.00452 e. The van der Waals surface area contributed by atoms with Crippen LogP contribution in [0.2, 0.25) is 0 Å². The summed E-state index contributed by atoms with van der Waals surface area (Å²) in [5, 5.41) is 2.15. The lowest BCUT2D eigenvalue weighted by molar-refractivity contribution is 0.470. The lowest BCUT2D eigenvalue weighted by Crippen LogP contribution is -2.20. The largest absolute Gasteiger partial charge is 0.328 e. The predicted octanol–water partition coefficient (Wildman–Crippen LogP) is 3.83. The molecule has 2 heteroatoms. The highest BCUT2D eigenvalue weighted by Gasteiger charge is 2.04. The summed E-state index contributed by atoms with van der Waals surface area (Å²) >= 11 is 1.85. The molecule has 0 amide bonds. The average molecular weight is 225 g/mol. The number of aryl methyl sites for hydroxylation is 1. The summed E-state index contributed by atoms with van der Waals surface area (Å²) in [6.07, 6.45) is 6.06. The molecule has 0 saturated carbocycles. The Bertz CT molecular complexity index is 241. The molecule has 15 heavy (non-hydrogen) atoms. The van der Waals surface area contributed by atoms with Gasteiger partial charge in [0.2, 0.25) is 0 Å². The van der Waals surface area contributed by atoms with Gasteiger partial charge in [-0.2, -0.15) is 0 Å². The van der Waals surface area contributed by atoms with Crippen LogP contribution in [0.15, 0.2) is 17.5 Å². The second-order valence-corrected chi connectivity index (χ2v) is 5.74. The van der Waals surface area contributed by atoms with E-state index in [1.165, 1.54) is 37.0 Å². The number of nitrogens with two attached hydrogens (primary N) is 1. The van der Waals surface area contributed by atoms with Crippen molar-refractivity contribution in [3.05, 3.63) is 22.4 Å². The van der Waals surface area contributed by atoms with E-state index in [0.717, 1.165) is 5.92 Å². The standard InChI is InChI=1S/C13H23NS/c1-11(2)8-9-12(14)5-3-6-13-7-4-10-15-13/h4,7,10-12H,3,5-6,8-9,14H2,1-2H3. The monoisotopic (exact) mass is 225 g/mol. The molecule has 0 bridgehead atoms. The molecule has 1 aromatic heterocycles. The average Bonchev–Trinajstić information content (AvgIpc) is 2.67. The summed E-state index contributed by atoms with van der Waals surface area (Å²) in [5.41, 5.74) is 6.06. The van der Waals surface area contributed by atoms with Gasteiger partial charge in [-0.1, -0.05) is 19.9 Å². The number of hydrogen-bond donors (Lipinski definition) is 1. The molecule has 1 nitrogen and oxygen atoms in total. The second-order valence-electron chi connectivity index (χ2n) is 4.70. The van der Waals surface area contributed by atoms with Crippen molar-refractivity contribution in [1.82, 2.24) is 0 Å². The van der Waals surface area contributed by atoms with E-state index < -0.39 is 0 Å². The van der Waals surface area contributed by atoms with Gasteiger partial charge in [-0.15, -0.1) is 11.3 Å². The normalized spacial score (nSPS) is 13.3. The zero-order valence-electron chi connectivity index (χ0n) is 9.91. The Morgan fingerprint density at radius 3 is 2.67 bits per heavy atom. The third-order valence-corrected chi connectivity index (χ3v) is 3.63. The fourth-order valence-corrected chi connectivity index (χ4v) is 2.44. The molecule has 0 aliphatic carbocycles. The first-order valence-electron chi connectivity index (χ1n) is 5.96. The van der Waals surface area contributed by atoms with Crippen LogP contribution in [-0.4, -0.2) is 6.04 Å². The lowest BCUT2D eigenvalue weighted by Gasteiger charge is -2.12. The van der Waals surface area contributed by atoms with E-state index in [1.807, 2.05) is 11.3 Å². The van der Waals surface area contributed by atoms with Crippen molar-refractivity contribution >= 4 is 11.3 Å². The van der Waals surface area contributed by atoms with Crippen LogP contribution >= 0.6 is 11.3 Å². The van der Waals surface area contributed by atoms with E-state index in [4.69, 9.17) is 5.73 Å². The predicted molar refractivity (Wildman–Crippen MR) is 69.3 cm³/mol. The van der Waals surface area contributed by atoms with Crippen LogP contribution in [0.25, 0.3) is 0 Å². The Kier molecular flexibility index (Phi) is 5.96. The summed E-state index contributed by atoms with van der Waals surface area (Å²) in [7, 11) is 0. The maximum atomic E-state index is 6.06. The Hall–Kier alpha value is -0.340. The van der Waals surface area contributed by atoms with E-state index in [0.29, 0.717) is 6.04 Å². The fraction of sp³-hybridized carbons (Fsp3) is 0.692. The molecule has 0 aromatic carbocycles.